The quantitative estimate of drug-likeness (QED) is 0.409. The molecule has 6 heteroatoms. The van der Waals surface area contributed by atoms with Crippen molar-refractivity contribution in [1.82, 2.24) is 4.98 Å². The molecular formula is C24H28N2O4. The lowest BCUT2D eigenvalue weighted by atomic mass is 9.79. The smallest absolute Gasteiger partial charge is 0.261 e. The van der Waals surface area contributed by atoms with Crippen LogP contribution >= 0.6 is 0 Å². The van der Waals surface area contributed by atoms with Crippen LogP contribution in [0.4, 0.5) is 5.69 Å². The molecule has 3 N–H and O–H groups in total. The molecule has 0 spiro atoms. The molecule has 0 bridgehead atoms. The average Bonchev–Trinajstić information content (AvgIpc) is 2.66. The molecule has 1 aromatic heterocycles. The number of pyridine rings is 1. The maximum atomic E-state index is 13.0. The Morgan fingerprint density at radius 1 is 1.00 bits per heavy atom. The highest BCUT2D eigenvalue weighted by atomic mass is 17.1. The number of para-hydroxylation sites is 1. The van der Waals surface area contributed by atoms with E-state index >= 15 is 0 Å². The van der Waals surface area contributed by atoms with Crippen LogP contribution in [0, 0.1) is 0 Å². The van der Waals surface area contributed by atoms with Crippen LogP contribution in [0.2, 0.25) is 0 Å². The second-order valence-electron chi connectivity index (χ2n) is 9.52. The van der Waals surface area contributed by atoms with Crippen molar-refractivity contribution in [3.63, 3.8) is 0 Å². The Morgan fingerprint density at radius 3 is 2.23 bits per heavy atom. The summed E-state index contributed by atoms with van der Waals surface area (Å²) < 4.78 is 0. The third-order valence-electron chi connectivity index (χ3n) is 5.12. The lowest BCUT2D eigenvalue weighted by Gasteiger charge is -2.28. The number of fused-ring (bicyclic) bond motifs is 1. The molecule has 0 radical (unpaired) electrons. The maximum absolute atomic E-state index is 13.0. The summed E-state index contributed by atoms with van der Waals surface area (Å²) in [4.78, 5) is 33.4. The second-order valence-corrected chi connectivity index (χ2v) is 9.52. The van der Waals surface area contributed by atoms with E-state index in [0.717, 1.165) is 11.1 Å². The van der Waals surface area contributed by atoms with Gasteiger partial charge in [-0.1, -0.05) is 53.7 Å². The molecule has 2 aromatic carbocycles. The van der Waals surface area contributed by atoms with Crippen LogP contribution in [0.3, 0.4) is 0 Å². The minimum atomic E-state index is -0.528. The molecule has 0 fully saturated rings. The Balaban J connectivity index is 2.11. The summed E-state index contributed by atoms with van der Waals surface area (Å²) in [5.74, 6) is -0.266. The van der Waals surface area contributed by atoms with E-state index in [1.54, 1.807) is 24.3 Å². The van der Waals surface area contributed by atoms with Crippen molar-refractivity contribution >= 4 is 22.5 Å². The van der Waals surface area contributed by atoms with Crippen molar-refractivity contribution in [1.29, 1.82) is 0 Å². The maximum Gasteiger partial charge on any atom is 0.261 e. The zero-order valence-corrected chi connectivity index (χ0v) is 18.2. The van der Waals surface area contributed by atoms with Crippen LogP contribution in [0.5, 0.6) is 5.75 Å². The van der Waals surface area contributed by atoms with Crippen LogP contribution in [0.1, 0.15) is 63.0 Å². The van der Waals surface area contributed by atoms with E-state index in [1.165, 1.54) is 6.20 Å². The van der Waals surface area contributed by atoms with Gasteiger partial charge in [-0.3, -0.25) is 9.59 Å². The number of aromatic nitrogens is 1. The molecule has 30 heavy (non-hydrogen) atoms. The number of amides is 1. The number of H-pyrrole nitrogens is 1. The monoisotopic (exact) mass is 408 g/mol. The molecule has 0 atom stereocenters. The van der Waals surface area contributed by atoms with Gasteiger partial charge in [-0.05, 0) is 34.6 Å². The Hall–Kier alpha value is -3.12. The molecule has 0 saturated carbocycles. The fourth-order valence-electron chi connectivity index (χ4n) is 3.49. The van der Waals surface area contributed by atoms with Crippen molar-refractivity contribution in [2.75, 3.05) is 5.32 Å². The van der Waals surface area contributed by atoms with Gasteiger partial charge in [-0.25, -0.2) is 5.26 Å². The number of hydrogen-bond acceptors (Lipinski definition) is 4. The average molecular weight is 408 g/mol. The zero-order valence-electron chi connectivity index (χ0n) is 18.2. The van der Waals surface area contributed by atoms with Gasteiger partial charge < -0.3 is 15.2 Å². The molecule has 3 rings (SSSR count). The van der Waals surface area contributed by atoms with Gasteiger partial charge in [0.1, 0.15) is 5.56 Å². The summed E-state index contributed by atoms with van der Waals surface area (Å²) >= 11 is 0. The van der Waals surface area contributed by atoms with Gasteiger partial charge in [-0.15, -0.1) is 0 Å². The standard InChI is InChI=1S/C24H28N2O4/c1-23(2,3)16-11-17(24(4,5)6)20(30-29)12-19(16)26-22(28)15-13-25-18-10-8-7-9-14(18)21(15)27/h7-13,29H,1-6H3,(H,25,27)(H,26,28). The molecule has 0 aliphatic rings. The number of benzene rings is 2. The molecule has 0 aliphatic heterocycles. The first-order valence-corrected chi connectivity index (χ1v) is 9.85. The van der Waals surface area contributed by atoms with E-state index < -0.39 is 5.91 Å². The summed E-state index contributed by atoms with van der Waals surface area (Å²) in [6.07, 6.45) is 1.42. The molecule has 158 valence electrons. The van der Waals surface area contributed by atoms with Crippen molar-refractivity contribution in [3.05, 3.63) is 69.5 Å². The Kier molecular flexibility index (Phi) is 5.48. The number of nitrogens with one attached hydrogen (secondary N) is 2. The molecule has 0 saturated heterocycles. The van der Waals surface area contributed by atoms with E-state index in [0.29, 0.717) is 16.6 Å². The normalized spacial score (nSPS) is 12.1. The van der Waals surface area contributed by atoms with E-state index in [-0.39, 0.29) is 27.6 Å². The predicted octanol–water partition coefficient (Wildman–Crippen LogP) is 5.23. The van der Waals surface area contributed by atoms with Crippen LogP contribution in [0.25, 0.3) is 10.9 Å². The van der Waals surface area contributed by atoms with Gasteiger partial charge in [0, 0.05) is 34.4 Å². The van der Waals surface area contributed by atoms with Crippen LogP contribution < -0.4 is 15.6 Å². The Labute approximate surface area is 175 Å². The third kappa shape index (κ3) is 4.09. The van der Waals surface area contributed by atoms with Crippen LogP contribution in [0.15, 0.2) is 47.4 Å². The molecule has 6 nitrogen and oxygen atoms in total. The highest BCUT2D eigenvalue weighted by Gasteiger charge is 2.27. The fraction of sp³-hybridized carbons (Fsp3) is 0.333. The SMILES string of the molecule is CC(C)(C)c1cc(C(C)(C)C)c(OO)cc1NC(=O)c1c[nH]c2ccccc2c1=O. The minimum Gasteiger partial charge on any atom is -0.360 e. The lowest BCUT2D eigenvalue weighted by Crippen LogP contribution is -2.25. The van der Waals surface area contributed by atoms with Gasteiger partial charge in [0.2, 0.25) is 5.43 Å². The number of anilines is 1. The topological polar surface area (TPSA) is 91.4 Å². The van der Waals surface area contributed by atoms with E-state index in [1.807, 2.05) is 53.7 Å². The summed E-state index contributed by atoms with van der Waals surface area (Å²) in [5, 5.41) is 12.7. The molecule has 3 aromatic rings. The summed E-state index contributed by atoms with van der Waals surface area (Å²) in [5.41, 5.74) is 1.93. The molecule has 0 aliphatic carbocycles. The first kappa shape index (κ1) is 21.6. The van der Waals surface area contributed by atoms with Gasteiger partial charge in [0.25, 0.3) is 5.91 Å². The largest absolute Gasteiger partial charge is 0.360 e. The summed E-state index contributed by atoms with van der Waals surface area (Å²) in [7, 11) is 0. The van der Waals surface area contributed by atoms with Crippen LogP contribution in [-0.2, 0) is 10.8 Å². The lowest BCUT2D eigenvalue weighted by molar-refractivity contribution is -0.138. The number of rotatable bonds is 3. The predicted molar refractivity (Wildman–Crippen MR) is 120 cm³/mol. The van der Waals surface area contributed by atoms with Gasteiger partial charge in [0.05, 0.1) is 0 Å². The van der Waals surface area contributed by atoms with Crippen molar-refractivity contribution in [2.24, 2.45) is 0 Å². The Morgan fingerprint density at radius 2 is 1.63 bits per heavy atom. The number of hydrogen-bond donors (Lipinski definition) is 3. The Bertz CT molecular complexity index is 1160. The van der Waals surface area contributed by atoms with Crippen molar-refractivity contribution in [2.45, 2.75) is 52.4 Å². The zero-order chi connectivity index (χ0) is 22.3. The fourth-order valence-corrected chi connectivity index (χ4v) is 3.49. The molecule has 1 amide bonds. The molecule has 1 heterocycles. The van der Waals surface area contributed by atoms with Gasteiger partial charge in [0.15, 0.2) is 5.75 Å². The van der Waals surface area contributed by atoms with E-state index in [4.69, 9.17) is 0 Å². The van der Waals surface area contributed by atoms with Crippen LogP contribution in [-0.4, -0.2) is 16.1 Å². The summed E-state index contributed by atoms with van der Waals surface area (Å²) in [6.45, 7) is 12.2. The minimum absolute atomic E-state index is 0.0138. The molecular weight excluding hydrogens is 380 g/mol. The van der Waals surface area contributed by atoms with Gasteiger partial charge >= 0.3 is 0 Å². The highest BCUT2D eigenvalue weighted by molar-refractivity contribution is 6.06. The van der Waals surface area contributed by atoms with Crippen molar-refractivity contribution in [3.8, 4) is 5.75 Å². The number of aromatic amines is 1. The highest BCUT2D eigenvalue weighted by Crippen LogP contribution is 2.40. The molecule has 0 unspecified atom stereocenters. The first-order chi connectivity index (χ1) is 13.9. The van der Waals surface area contributed by atoms with Gasteiger partial charge in [-0.2, -0.15) is 0 Å². The van der Waals surface area contributed by atoms with Crippen molar-refractivity contribution < 1.29 is 14.9 Å². The number of carbonyl (C=O) groups excluding carboxylic acids is 1. The van der Waals surface area contributed by atoms with E-state index in [9.17, 15) is 14.8 Å². The van der Waals surface area contributed by atoms with E-state index in [2.05, 4.69) is 15.2 Å². The third-order valence-corrected chi connectivity index (χ3v) is 5.12. The second kappa shape index (κ2) is 7.61. The number of carbonyl (C=O) groups is 1. The summed E-state index contributed by atoms with van der Waals surface area (Å²) in [6, 6.07) is 10.6. The first-order valence-electron chi connectivity index (χ1n) is 9.85.